The fourth-order valence-corrected chi connectivity index (χ4v) is 3.81. The highest BCUT2D eigenvalue weighted by Gasteiger charge is 2.08. The largest absolute Gasteiger partial charge is 0.383 e. The molecule has 0 aliphatic heterocycles. The standard InChI is InChI=1S/C15H11N5OS2/c16-13-10-4-6-22-14(10)19-15(18-13)23-8-9-7-12(21)20-5-2-1-3-11(20)17-9/h1-7H,8H2,(H2,16,18,19). The van der Waals surface area contributed by atoms with Gasteiger partial charge in [0, 0.05) is 18.0 Å². The highest BCUT2D eigenvalue weighted by molar-refractivity contribution is 7.98. The molecular weight excluding hydrogens is 330 g/mol. The van der Waals surface area contributed by atoms with E-state index >= 15 is 0 Å². The molecule has 114 valence electrons. The average Bonchev–Trinajstić information content (AvgIpc) is 3.02. The van der Waals surface area contributed by atoms with Crippen LogP contribution in [0.4, 0.5) is 5.82 Å². The molecule has 8 heteroatoms. The topological polar surface area (TPSA) is 86.2 Å². The molecule has 0 aliphatic carbocycles. The van der Waals surface area contributed by atoms with Crippen molar-refractivity contribution >= 4 is 44.8 Å². The molecule has 2 N–H and O–H groups in total. The molecule has 0 spiro atoms. The second-order valence-corrected chi connectivity index (χ2v) is 6.67. The Bertz CT molecular complexity index is 1070. The van der Waals surface area contributed by atoms with Gasteiger partial charge in [-0.15, -0.1) is 11.3 Å². The zero-order chi connectivity index (χ0) is 15.8. The maximum atomic E-state index is 12.1. The van der Waals surface area contributed by atoms with Crippen LogP contribution >= 0.6 is 23.1 Å². The van der Waals surface area contributed by atoms with Gasteiger partial charge in [0.1, 0.15) is 16.3 Å². The van der Waals surface area contributed by atoms with E-state index in [-0.39, 0.29) is 5.56 Å². The molecule has 23 heavy (non-hydrogen) atoms. The summed E-state index contributed by atoms with van der Waals surface area (Å²) >= 11 is 2.95. The minimum absolute atomic E-state index is 0.0969. The molecule has 0 saturated heterocycles. The Balaban J connectivity index is 1.64. The Labute approximate surface area is 139 Å². The molecule has 0 radical (unpaired) electrons. The highest BCUT2D eigenvalue weighted by Crippen LogP contribution is 2.27. The van der Waals surface area contributed by atoms with Crippen molar-refractivity contribution in [2.75, 3.05) is 5.73 Å². The predicted octanol–water partition coefficient (Wildman–Crippen LogP) is 2.57. The first-order valence-corrected chi connectivity index (χ1v) is 8.68. The Kier molecular flexibility index (Phi) is 3.47. The summed E-state index contributed by atoms with van der Waals surface area (Å²) in [5.74, 6) is 0.988. The summed E-state index contributed by atoms with van der Waals surface area (Å²) in [5, 5.41) is 3.41. The lowest BCUT2D eigenvalue weighted by atomic mass is 10.4. The molecule has 0 aliphatic rings. The van der Waals surface area contributed by atoms with E-state index in [1.807, 2.05) is 23.6 Å². The smallest absolute Gasteiger partial charge is 0.258 e. The number of thioether (sulfide) groups is 1. The lowest BCUT2D eigenvalue weighted by Gasteiger charge is -2.04. The van der Waals surface area contributed by atoms with Crippen molar-refractivity contribution in [2.24, 2.45) is 0 Å². The van der Waals surface area contributed by atoms with E-state index in [4.69, 9.17) is 5.73 Å². The van der Waals surface area contributed by atoms with Crippen LogP contribution in [0, 0.1) is 0 Å². The van der Waals surface area contributed by atoms with Crippen LogP contribution in [0.2, 0.25) is 0 Å². The van der Waals surface area contributed by atoms with Crippen molar-refractivity contribution in [3.05, 3.63) is 58.0 Å². The van der Waals surface area contributed by atoms with Crippen LogP contribution in [0.1, 0.15) is 5.69 Å². The second kappa shape index (κ2) is 5.64. The molecular formula is C15H11N5OS2. The van der Waals surface area contributed by atoms with Gasteiger partial charge in [-0.3, -0.25) is 9.20 Å². The van der Waals surface area contributed by atoms with Gasteiger partial charge in [0.2, 0.25) is 0 Å². The van der Waals surface area contributed by atoms with Crippen molar-refractivity contribution in [1.29, 1.82) is 0 Å². The third-order valence-electron chi connectivity index (χ3n) is 3.31. The van der Waals surface area contributed by atoms with Gasteiger partial charge in [-0.25, -0.2) is 15.0 Å². The molecule has 0 saturated carbocycles. The number of nitrogen functional groups attached to an aromatic ring is 1. The monoisotopic (exact) mass is 341 g/mol. The zero-order valence-corrected chi connectivity index (χ0v) is 13.5. The normalized spacial score (nSPS) is 11.3. The number of nitrogens with zero attached hydrogens (tertiary/aromatic N) is 4. The fraction of sp³-hybridized carbons (Fsp3) is 0.0667. The summed E-state index contributed by atoms with van der Waals surface area (Å²) in [5.41, 5.74) is 7.17. The fourth-order valence-electron chi connectivity index (χ4n) is 2.24. The van der Waals surface area contributed by atoms with E-state index in [9.17, 15) is 4.79 Å². The number of thiophene rings is 1. The maximum Gasteiger partial charge on any atom is 0.258 e. The number of rotatable bonds is 3. The van der Waals surface area contributed by atoms with Crippen LogP contribution in [0.5, 0.6) is 0 Å². The van der Waals surface area contributed by atoms with Gasteiger partial charge < -0.3 is 5.73 Å². The summed E-state index contributed by atoms with van der Waals surface area (Å²) in [4.78, 5) is 26.2. The lowest BCUT2D eigenvalue weighted by Crippen LogP contribution is -2.14. The van der Waals surface area contributed by atoms with Gasteiger partial charge in [-0.1, -0.05) is 17.8 Å². The Morgan fingerprint density at radius 3 is 3.04 bits per heavy atom. The number of nitrogens with two attached hydrogens (primary N) is 1. The van der Waals surface area contributed by atoms with E-state index < -0.39 is 0 Å². The first-order chi connectivity index (χ1) is 11.2. The molecule has 0 bridgehead atoms. The van der Waals surface area contributed by atoms with Gasteiger partial charge in [-0.05, 0) is 23.6 Å². The number of hydrogen-bond donors (Lipinski definition) is 1. The van der Waals surface area contributed by atoms with Gasteiger partial charge in [0.25, 0.3) is 5.56 Å². The van der Waals surface area contributed by atoms with E-state index in [1.54, 1.807) is 12.3 Å². The van der Waals surface area contributed by atoms with Crippen LogP contribution < -0.4 is 11.3 Å². The quantitative estimate of drug-likeness (QED) is 0.455. The molecule has 4 heterocycles. The first kappa shape index (κ1) is 14.2. The van der Waals surface area contributed by atoms with E-state index in [1.165, 1.54) is 33.6 Å². The van der Waals surface area contributed by atoms with E-state index in [2.05, 4.69) is 15.0 Å². The Morgan fingerprint density at radius 1 is 1.22 bits per heavy atom. The predicted molar refractivity (Wildman–Crippen MR) is 92.9 cm³/mol. The molecule has 4 aromatic heterocycles. The average molecular weight is 341 g/mol. The third kappa shape index (κ3) is 2.66. The molecule has 4 rings (SSSR count). The van der Waals surface area contributed by atoms with Crippen molar-refractivity contribution in [3.63, 3.8) is 0 Å². The van der Waals surface area contributed by atoms with Crippen LogP contribution in [-0.2, 0) is 5.75 Å². The first-order valence-electron chi connectivity index (χ1n) is 6.81. The SMILES string of the molecule is Nc1nc(SCc2cc(=O)n3ccccc3n2)nc2sccc12. The van der Waals surface area contributed by atoms with Crippen LogP contribution in [0.25, 0.3) is 15.9 Å². The molecule has 4 aromatic rings. The third-order valence-corrected chi connectivity index (χ3v) is 4.99. The summed E-state index contributed by atoms with van der Waals surface area (Å²) in [6.07, 6.45) is 1.70. The van der Waals surface area contributed by atoms with E-state index in [0.717, 1.165) is 10.2 Å². The van der Waals surface area contributed by atoms with E-state index in [0.29, 0.717) is 28.1 Å². The lowest BCUT2D eigenvalue weighted by molar-refractivity contribution is 0.996. The number of hydrogen-bond acceptors (Lipinski definition) is 7. The van der Waals surface area contributed by atoms with Gasteiger partial charge in [0.15, 0.2) is 5.16 Å². The molecule has 0 atom stereocenters. The summed E-state index contributed by atoms with van der Waals surface area (Å²) < 4.78 is 1.51. The maximum absolute atomic E-state index is 12.1. The number of aromatic nitrogens is 4. The summed E-state index contributed by atoms with van der Waals surface area (Å²) in [6.45, 7) is 0. The van der Waals surface area contributed by atoms with Gasteiger partial charge >= 0.3 is 0 Å². The summed E-state index contributed by atoms with van der Waals surface area (Å²) in [7, 11) is 0. The molecule has 0 aromatic carbocycles. The molecule has 0 unspecified atom stereocenters. The Hall–Kier alpha value is -2.45. The van der Waals surface area contributed by atoms with Crippen molar-refractivity contribution in [1.82, 2.24) is 19.4 Å². The van der Waals surface area contributed by atoms with Crippen molar-refractivity contribution < 1.29 is 0 Å². The van der Waals surface area contributed by atoms with Crippen LogP contribution in [-0.4, -0.2) is 19.4 Å². The van der Waals surface area contributed by atoms with Gasteiger partial charge in [0.05, 0.1) is 11.1 Å². The van der Waals surface area contributed by atoms with Crippen molar-refractivity contribution in [3.8, 4) is 0 Å². The Morgan fingerprint density at radius 2 is 2.13 bits per heavy atom. The highest BCUT2D eigenvalue weighted by atomic mass is 32.2. The number of pyridine rings is 1. The summed E-state index contributed by atoms with van der Waals surface area (Å²) in [6, 6.07) is 8.91. The molecule has 0 amide bonds. The van der Waals surface area contributed by atoms with Crippen LogP contribution in [0.15, 0.2) is 51.9 Å². The number of fused-ring (bicyclic) bond motifs is 2. The zero-order valence-electron chi connectivity index (χ0n) is 11.8. The molecule has 0 fully saturated rings. The van der Waals surface area contributed by atoms with Crippen LogP contribution in [0.3, 0.4) is 0 Å². The minimum atomic E-state index is -0.0969. The van der Waals surface area contributed by atoms with Gasteiger partial charge in [-0.2, -0.15) is 0 Å². The second-order valence-electron chi connectivity index (χ2n) is 4.83. The minimum Gasteiger partial charge on any atom is -0.383 e. The van der Waals surface area contributed by atoms with Crippen molar-refractivity contribution in [2.45, 2.75) is 10.9 Å². The number of anilines is 1. The molecule has 6 nitrogen and oxygen atoms in total.